The van der Waals surface area contributed by atoms with Crippen LogP contribution < -0.4 is 5.32 Å². The average molecular weight is 242 g/mol. The molecule has 2 amide bonds. The number of methoxy groups -OCH3 is 1. The van der Waals surface area contributed by atoms with E-state index >= 15 is 0 Å². The molecule has 0 radical (unpaired) electrons. The van der Waals surface area contributed by atoms with E-state index in [2.05, 4.69) is 5.32 Å². The van der Waals surface area contributed by atoms with Gasteiger partial charge < -0.3 is 15.0 Å². The normalized spacial score (nSPS) is 25.4. The Labute approximate surface area is 102 Å². The van der Waals surface area contributed by atoms with Gasteiger partial charge in [-0.25, -0.2) is 0 Å². The highest BCUT2D eigenvalue weighted by Crippen LogP contribution is 2.15. The van der Waals surface area contributed by atoms with Crippen molar-refractivity contribution in [2.24, 2.45) is 5.92 Å². The lowest BCUT2D eigenvalue weighted by Gasteiger charge is -2.38. The van der Waals surface area contributed by atoms with E-state index in [-0.39, 0.29) is 29.8 Å². The predicted molar refractivity (Wildman–Crippen MR) is 64.4 cm³/mol. The van der Waals surface area contributed by atoms with Gasteiger partial charge in [-0.1, -0.05) is 13.8 Å². The van der Waals surface area contributed by atoms with Gasteiger partial charge in [-0.3, -0.25) is 9.59 Å². The summed E-state index contributed by atoms with van der Waals surface area (Å²) in [6.07, 6.45) is 0.755. The van der Waals surface area contributed by atoms with Crippen LogP contribution in [0.1, 0.15) is 27.2 Å². The summed E-state index contributed by atoms with van der Waals surface area (Å²) in [5, 5.41) is 2.77. The van der Waals surface area contributed by atoms with Crippen molar-refractivity contribution in [1.82, 2.24) is 10.2 Å². The van der Waals surface area contributed by atoms with Crippen molar-refractivity contribution in [3.05, 3.63) is 0 Å². The van der Waals surface area contributed by atoms with Gasteiger partial charge in [0.05, 0.1) is 0 Å². The molecule has 0 aromatic heterocycles. The number of amides is 2. The lowest BCUT2D eigenvalue weighted by atomic mass is 9.98. The molecule has 98 valence electrons. The summed E-state index contributed by atoms with van der Waals surface area (Å²) in [5.41, 5.74) is 0. The third-order valence-electron chi connectivity index (χ3n) is 3.11. The van der Waals surface area contributed by atoms with Crippen molar-refractivity contribution in [2.75, 3.05) is 20.3 Å². The fraction of sp³-hybridized carbons (Fsp3) is 0.833. The van der Waals surface area contributed by atoms with Crippen LogP contribution in [0.4, 0.5) is 0 Å². The maximum absolute atomic E-state index is 12.2. The quantitative estimate of drug-likeness (QED) is 0.710. The molecule has 2 unspecified atom stereocenters. The topological polar surface area (TPSA) is 58.6 Å². The van der Waals surface area contributed by atoms with E-state index in [4.69, 9.17) is 4.74 Å². The van der Waals surface area contributed by atoms with Crippen molar-refractivity contribution < 1.29 is 14.3 Å². The number of rotatable bonds is 5. The number of nitrogens with zero attached hydrogens (tertiary/aromatic N) is 1. The van der Waals surface area contributed by atoms with Crippen LogP contribution in [0.25, 0.3) is 0 Å². The Balaban J connectivity index is 2.70. The van der Waals surface area contributed by atoms with Crippen molar-refractivity contribution in [1.29, 1.82) is 0 Å². The Bertz CT molecular complexity index is 291. The van der Waals surface area contributed by atoms with Gasteiger partial charge in [0.15, 0.2) is 0 Å². The molecule has 0 aliphatic carbocycles. The number of carbonyl (C=O) groups is 2. The summed E-state index contributed by atoms with van der Waals surface area (Å²) < 4.78 is 4.97. The molecular formula is C12H22N2O3. The lowest BCUT2D eigenvalue weighted by Crippen LogP contribution is -2.63. The molecule has 1 aliphatic heterocycles. The fourth-order valence-electron chi connectivity index (χ4n) is 1.98. The lowest BCUT2D eigenvalue weighted by molar-refractivity contribution is -0.150. The molecule has 0 saturated carbocycles. The molecule has 1 N–H and O–H groups in total. The third-order valence-corrected chi connectivity index (χ3v) is 3.11. The zero-order valence-corrected chi connectivity index (χ0v) is 11.0. The van der Waals surface area contributed by atoms with Gasteiger partial charge in [0.25, 0.3) is 0 Å². The van der Waals surface area contributed by atoms with E-state index in [9.17, 15) is 9.59 Å². The van der Waals surface area contributed by atoms with Gasteiger partial charge >= 0.3 is 0 Å². The smallest absolute Gasteiger partial charge is 0.246 e. The summed E-state index contributed by atoms with van der Waals surface area (Å²) in [6.45, 7) is 6.81. The number of hydrogen-bond acceptors (Lipinski definition) is 3. The summed E-state index contributed by atoms with van der Waals surface area (Å²) >= 11 is 0. The van der Waals surface area contributed by atoms with Crippen LogP contribution in [0, 0.1) is 5.92 Å². The first-order valence-electron chi connectivity index (χ1n) is 6.08. The minimum Gasteiger partial charge on any atom is -0.385 e. The van der Waals surface area contributed by atoms with Gasteiger partial charge in [-0.2, -0.15) is 0 Å². The first-order chi connectivity index (χ1) is 7.99. The second-order valence-corrected chi connectivity index (χ2v) is 4.78. The van der Waals surface area contributed by atoms with Crippen LogP contribution >= 0.6 is 0 Å². The van der Waals surface area contributed by atoms with E-state index in [0.717, 1.165) is 6.42 Å². The first-order valence-corrected chi connectivity index (χ1v) is 6.08. The average Bonchev–Trinajstić information content (AvgIpc) is 2.28. The second-order valence-electron chi connectivity index (χ2n) is 4.78. The van der Waals surface area contributed by atoms with Crippen molar-refractivity contribution in [2.45, 2.75) is 39.3 Å². The molecule has 1 rings (SSSR count). The predicted octanol–water partition coefficient (Wildman–Crippen LogP) is 0.394. The van der Waals surface area contributed by atoms with Crippen molar-refractivity contribution >= 4 is 11.8 Å². The van der Waals surface area contributed by atoms with Gasteiger partial charge in [0.2, 0.25) is 11.8 Å². The van der Waals surface area contributed by atoms with E-state index in [1.165, 1.54) is 0 Å². The van der Waals surface area contributed by atoms with Crippen LogP contribution in [0.3, 0.4) is 0 Å². The molecule has 1 heterocycles. The Hall–Kier alpha value is -1.10. The van der Waals surface area contributed by atoms with Gasteiger partial charge in [-0.15, -0.1) is 0 Å². The van der Waals surface area contributed by atoms with Crippen LogP contribution in [0.5, 0.6) is 0 Å². The number of nitrogens with one attached hydrogen (secondary N) is 1. The highest BCUT2D eigenvalue weighted by Gasteiger charge is 2.38. The Morgan fingerprint density at radius 3 is 2.59 bits per heavy atom. The minimum absolute atomic E-state index is 0.0169. The molecule has 0 spiro atoms. The number of carbonyl (C=O) groups excluding carboxylic acids is 2. The van der Waals surface area contributed by atoms with Gasteiger partial charge in [0.1, 0.15) is 12.1 Å². The van der Waals surface area contributed by atoms with Gasteiger partial charge in [-0.05, 0) is 19.3 Å². The molecule has 0 aromatic carbocycles. The Morgan fingerprint density at radius 1 is 1.41 bits per heavy atom. The molecule has 0 bridgehead atoms. The molecule has 0 aromatic rings. The second kappa shape index (κ2) is 6.00. The zero-order chi connectivity index (χ0) is 13.0. The molecule has 5 heteroatoms. The molecule has 17 heavy (non-hydrogen) atoms. The first kappa shape index (κ1) is 14.0. The minimum atomic E-state index is -0.388. The highest BCUT2D eigenvalue weighted by atomic mass is 16.5. The molecule has 5 nitrogen and oxygen atoms in total. The summed E-state index contributed by atoms with van der Waals surface area (Å²) in [4.78, 5) is 25.6. The molecule has 2 atom stereocenters. The van der Waals surface area contributed by atoms with Crippen molar-refractivity contribution in [3.63, 3.8) is 0 Å². The van der Waals surface area contributed by atoms with Gasteiger partial charge in [0, 0.05) is 20.3 Å². The van der Waals surface area contributed by atoms with E-state index in [1.807, 2.05) is 13.8 Å². The van der Waals surface area contributed by atoms with E-state index in [1.54, 1.807) is 18.9 Å². The number of piperazine rings is 1. The van der Waals surface area contributed by atoms with E-state index in [0.29, 0.717) is 13.2 Å². The third kappa shape index (κ3) is 3.19. The maximum Gasteiger partial charge on any atom is 0.246 e. The number of hydrogen-bond donors (Lipinski definition) is 1. The standard InChI is InChI=1S/C12H22N2O3/c1-8(2)10-12(16)14(6-5-7-17-4)9(3)11(15)13-10/h8-10H,5-7H2,1-4H3,(H,13,15). The monoisotopic (exact) mass is 242 g/mol. The zero-order valence-electron chi connectivity index (χ0n) is 11.0. The fourth-order valence-corrected chi connectivity index (χ4v) is 1.98. The van der Waals surface area contributed by atoms with Crippen LogP contribution in [-0.4, -0.2) is 49.1 Å². The molecule has 1 saturated heterocycles. The summed E-state index contributed by atoms with van der Waals surface area (Å²) in [5.74, 6) is 0.0628. The Kier molecular flexibility index (Phi) is 4.93. The largest absolute Gasteiger partial charge is 0.385 e. The SMILES string of the molecule is COCCCN1C(=O)C(C(C)C)NC(=O)C1C. The number of ether oxygens (including phenoxy) is 1. The Morgan fingerprint density at radius 2 is 2.06 bits per heavy atom. The molecule has 1 fully saturated rings. The highest BCUT2D eigenvalue weighted by molar-refractivity contribution is 5.96. The summed E-state index contributed by atoms with van der Waals surface area (Å²) in [6, 6.07) is -0.768. The molecule has 1 aliphatic rings. The van der Waals surface area contributed by atoms with E-state index < -0.39 is 0 Å². The van der Waals surface area contributed by atoms with Crippen LogP contribution in [-0.2, 0) is 14.3 Å². The van der Waals surface area contributed by atoms with Crippen molar-refractivity contribution in [3.8, 4) is 0 Å². The van der Waals surface area contributed by atoms with Crippen LogP contribution in [0.2, 0.25) is 0 Å². The summed E-state index contributed by atoms with van der Waals surface area (Å²) in [7, 11) is 1.63. The molecular weight excluding hydrogens is 220 g/mol. The maximum atomic E-state index is 12.2. The van der Waals surface area contributed by atoms with Crippen LogP contribution in [0.15, 0.2) is 0 Å².